The van der Waals surface area contributed by atoms with Gasteiger partial charge in [0.15, 0.2) is 0 Å². The van der Waals surface area contributed by atoms with E-state index in [2.05, 4.69) is 17.0 Å². The molecular formula is C11H14N2O. The summed E-state index contributed by atoms with van der Waals surface area (Å²) < 4.78 is 0. The number of carbonyl (C=O) groups is 1. The summed E-state index contributed by atoms with van der Waals surface area (Å²) in [5.41, 5.74) is 1.25. The monoisotopic (exact) mass is 190 g/mol. The zero-order valence-corrected chi connectivity index (χ0v) is 8.10. The average Bonchev–Trinajstić information content (AvgIpc) is 2.30. The summed E-state index contributed by atoms with van der Waals surface area (Å²) in [5.74, 6) is 0. The summed E-state index contributed by atoms with van der Waals surface area (Å²) in [4.78, 5) is 14.6. The van der Waals surface area contributed by atoms with Crippen LogP contribution in [0.3, 0.4) is 0 Å². The van der Waals surface area contributed by atoms with E-state index in [1.54, 1.807) is 0 Å². The van der Waals surface area contributed by atoms with Crippen LogP contribution in [-0.2, 0) is 4.79 Å². The highest BCUT2D eigenvalue weighted by Gasteiger charge is 2.14. The van der Waals surface area contributed by atoms with Gasteiger partial charge >= 0.3 is 0 Å². The standard InChI is InChI=1S/C11H14N2O/c14-10-12-6-8-13(9-7-12)11-4-2-1-3-5-11/h1-5,10H,6-9H2. The second-order valence-corrected chi connectivity index (χ2v) is 3.46. The van der Waals surface area contributed by atoms with Crippen molar-refractivity contribution in [2.45, 2.75) is 0 Å². The quantitative estimate of drug-likeness (QED) is 0.649. The summed E-state index contributed by atoms with van der Waals surface area (Å²) in [6.45, 7) is 3.53. The lowest BCUT2D eigenvalue weighted by Gasteiger charge is -2.34. The summed E-state index contributed by atoms with van der Waals surface area (Å²) >= 11 is 0. The number of nitrogens with zero attached hydrogens (tertiary/aromatic N) is 2. The maximum atomic E-state index is 10.5. The highest BCUT2D eigenvalue weighted by molar-refractivity contribution is 5.50. The van der Waals surface area contributed by atoms with Crippen LogP contribution in [0.2, 0.25) is 0 Å². The number of anilines is 1. The lowest BCUT2D eigenvalue weighted by atomic mass is 10.2. The third-order valence-electron chi connectivity index (χ3n) is 2.58. The van der Waals surface area contributed by atoms with Crippen molar-refractivity contribution < 1.29 is 4.79 Å². The minimum absolute atomic E-state index is 0.832. The van der Waals surface area contributed by atoms with Crippen molar-refractivity contribution in [1.29, 1.82) is 0 Å². The van der Waals surface area contributed by atoms with Crippen LogP contribution in [0.4, 0.5) is 5.69 Å². The molecule has 1 saturated heterocycles. The fourth-order valence-corrected chi connectivity index (χ4v) is 1.72. The minimum Gasteiger partial charge on any atom is -0.368 e. The number of carbonyl (C=O) groups excluding carboxylic acids is 1. The molecule has 0 N–H and O–H groups in total. The van der Waals surface area contributed by atoms with Gasteiger partial charge < -0.3 is 9.80 Å². The molecule has 0 unspecified atom stereocenters. The predicted molar refractivity (Wildman–Crippen MR) is 56.3 cm³/mol. The number of rotatable bonds is 2. The second-order valence-electron chi connectivity index (χ2n) is 3.46. The van der Waals surface area contributed by atoms with Gasteiger partial charge in [0.25, 0.3) is 0 Å². The number of amides is 1. The van der Waals surface area contributed by atoms with E-state index in [-0.39, 0.29) is 0 Å². The van der Waals surface area contributed by atoms with Crippen molar-refractivity contribution in [3.05, 3.63) is 30.3 Å². The van der Waals surface area contributed by atoms with Crippen LogP contribution in [0.15, 0.2) is 30.3 Å². The van der Waals surface area contributed by atoms with Crippen LogP contribution in [0.5, 0.6) is 0 Å². The van der Waals surface area contributed by atoms with Crippen LogP contribution in [-0.4, -0.2) is 37.5 Å². The van der Waals surface area contributed by atoms with Gasteiger partial charge in [-0.25, -0.2) is 0 Å². The molecule has 14 heavy (non-hydrogen) atoms. The molecule has 2 rings (SSSR count). The number of hydrogen-bond donors (Lipinski definition) is 0. The first-order valence-electron chi connectivity index (χ1n) is 4.89. The van der Waals surface area contributed by atoms with Gasteiger partial charge in [-0.15, -0.1) is 0 Å². The van der Waals surface area contributed by atoms with Crippen molar-refractivity contribution >= 4 is 12.1 Å². The van der Waals surface area contributed by atoms with E-state index in [1.807, 2.05) is 23.1 Å². The molecule has 0 saturated carbocycles. The van der Waals surface area contributed by atoms with Crippen molar-refractivity contribution in [2.75, 3.05) is 31.1 Å². The molecule has 1 fully saturated rings. The number of hydrogen-bond acceptors (Lipinski definition) is 2. The molecule has 1 aliphatic rings. The van der Waals surface area contributed by atoms with Crippen molar-refractivity contribution in [2.24, 2.45) is 0 Å². The van der Waals surface area contributed by atoms with Crippen LogP contribution in [0, 0.1) is 0 Å². The third kappa shape index (κ3) is 1.87. The molecule has 0 spiro atoms. The average molecular weight is 190 g/mol. The summed E-state index contributed by atoms with van der Waals surface area (Å²) in [6, 6.07) is 10.3. The van der Waals surface area contributed by atoms with Crippen molar-refractivity contribution in [3.8, 4) is 0 Å². The smallest absolute Gasteiger partial charge is 0.209 e. The Bertz CT molecular complexity index is 291. The van der Waals surface area contributed by atoms with E-state index >= 15 is 0 Å². The van der Waals surface area contributed by atoms with E-state index in [1.165, 1.54) is 5.69 Å². The molecule has 1 aliphatic heterocycles. The Morgan fingerprint density at radius 2 is 1.64 bits per heavy atom. The lowest BCUT2D eigenvalue weighted by Crippen LogP contribution is -2.45. The molecule has 0 aromatic heterocycles. The Kier molecular flexibility index (Phi) is 2.68. The number of piperazine rings is 1. The topological polar surface area (TPSA) is 23.6 Å². The van der Waals surface area contributed by atoms with Gasteiger partial charge in [0.2, 0.25) is 6.41 Å². The van der Waals surface area contributed by atoms with Gasteiger partial charge in [0, 0.05) is 31.9 Å². The normalized spacial score (nSPS) is 16.9. The Hall–Kier alpha value is -1.51. The van der Waals surface area contributed by atoms with E-state index < -0.39 is 0 Å². The third-order valence-corrected chi connectivity index (χ3v) is 2.58. The fraction of sp³-hybridized carbons (Fsp3) is 0.364. The predicted octanol–water partition coefficient (Wildman–Crippen LogP) is 0.965. The van der Waals surface area contributed by atoms with Gasteiger partial charge in [-0.1, -0.05) is 18.2 Å². The number of benzene rings is 1. The van der Waals surface area contributed by atoms with Crippen LogP contribution in [0.25, 0.3) is 0 Å². The molecular weight excluding hydrogens is 176 g/mol. The Labute approximate surface area is 83.9 Å². The molecule has 74 valence electrons. The SMILES string of the molecule is O=CN1CCN(c2ccccc2)CC1. The largest absolute Gasteiger partial charge is 0.368 e. The first-order valence-corrected chi connectivity index (χ1v) is 4.89. The summed E-state index contributed by atoms with van der Waals surface area (Å²) in [5, 5.41) is 0. The van der Waals surface area contributed by atoms with E-state index in [4.69, 9.17) is 0 Å². The summed E-state index contributed by atoms with van der Waals surface area (Å²) in [7, 11) is 0. The molecule has 1 aromatic carbocycles. The van der Waals surface area contributed by atoms with E-state index in [0.717, 1.165) is 32.6 Å². The van der Waals surface area contributed by atoms with Crippen LogP contribution in [0.1, 0.15) is 0 Å². The summed E-state index contributed by atoms with van der Waals surface area (Å²) in [6.07, 6.45) is 0.933. The van der Waals surface area contributed by atoms with Crippen molar-refractivity contribution in [1.82, 2.24) is 4.90 Å². The van der Waals surface area contributed by atoms with Gasteiger partial charge in [-0.05, 0) is 12.1 Å². The molecule has 1 amide bonds. The molecule has 3 nitrogen and oxygen atoms in total. The highest BCUT2D eigenvalue weighted by Crippen LogP contribution is 2.14. The molecule has 1 aromatic rings. The maximum absolute atomic E-state index is 10.5. The molecule has 0 radical (unpaired) electrons. The number of para-hydroxylation sites is 1. The first-order chi connectivity index (χ1) is 6.90. The lowest BCUT2D eigenvalue weighted by molar-refractivity contribution is -0.118. The minimum atomic E-state index is 0.832. The fourth-order valence-electron chi connectivity index (χ4n) is 1.72. The second kappa shape index (κ2) is 4.13. The van der Waals surface area contributed by atoms with Crippen LogP contribution < -0.4 is 4.90 Å². The van der Waals surface area contributed by atoms with Crippen molar-refractivity contribution in [3.63, 3.8) is 0 Å². The van der Waals surface area contributed by atoms with Gasteiger partial charge in [-0.3, -0.25) is 4.79 Å². The maximum Gasteiger partial charge on any atom is 0.209 e. The molecule has 1 heterocycles. The Morgan fingerprint density at radius 1 is 1.00 bits per heavy atom. The first kappa shape index (κ1) is 9.06. The van der Waals surface area contributed by atoms with Crippen LogP contribution >= 0.6 is 0 Å². The molecule has 0 atom stereocenters. The molecule has 0 aliphatic carbocycles. The zero-order valence-electron chi connectivity index (χ0n) is 8.10. The molecule has 3 heteroatoms. The zero-order chi connectivity index (χ0) is 9.80. The Morgan fingerprint density at radius 3 is 2.21 bits per heavy atom. The van der Waals surface area contributed by atoms with Gasteiger partial charge in [0.05, 0.1) is 0 Å². The van der Waals surface area contributed by atoms with Gasteiger partial charge in [-0.2, -0.15) is 0 Å². The Balaban J connectivity index is 1.99. The molecule has 0 bridgehead atoms. The van der Waals surface area contributed by atoms with Gasteiger partial charge in [0.1, 0.15) is 0 Å². The van der Waals surface area contributed by atoms with E-state index in [0.29, 0.717) is 0 Å². The van der Waals surface area contributed by atoms with E-state index in [9.17, 15) is 4.79 Å². The highest BCUT2D eigenvalue weighted by atomic mass is 16.1.